The number of carbonyl (C=O) groups excluding carboxylic acids is 2. The van der Waals surface area contributed by atoms with Crippen molar-refractivity contribution in [3.05, 3.63) is 59.2 Å². The summed E-state index contributed by atoms with van der Waals surface area (Å²) in [7, 11) is 1.34. The molecule has 40 heavy (non-hydrogen) atoms. The van der Waals surface area contributed by atoms with Gasteiger partial charge in [-0.1, -0.05) is 44.2 Å². The zero-order valence-electron chi connectivity index (χ0n) is 21.8. The van der Waals surface area contributed by atoms with Gasteiger partial charge in [-0.3, -0.25) is 9.59 Å². The van der Waals surface area contributed by atoms with Crippen LogP contribution in [0.2, 0.25) is 0 Å². The van der Waals surface area contributed by atoms with Crippen molar-refractivity contribution in [1.29, 1.82) is 0 Å². The molecule has 1 aliphatic rings. The van der Waals surface area contributed by atoms with Crippen molar-refractivity contribution in [2.45, 2.75) is 63.9 Å². The zero-order chi connectivity index (χ0) is 29.3. The fourth-order valence-electron chi connectivity index (χ4n) is 4.54. The summed E-state index contributed by atoms with van der Waals surface area (Å²) in [4.78, 5) is 29.2. The molecule has 0 radical (unpaired) electrons. The molecule has 1 unspecified atom stereocenters. The average Bonchev–Trinajstić information content (AvgIpc) is 2.89. The normalized spacial score (nSPS) is 15.3. The molecule has 1 saturated carbocycles. The number of aliphatic imine (C=N–C) groups is 1. The number of nitrogens with zero attached hydrogens (tertiary/aromatic N) is 1. The Kier molecular flexibility index (Phi) is 10.7. The van der Waals surface area contributed by atoms with Crippen molar-refractivity contribution in [2.24, 2.45) is 16.6 Å². The Bertz CT molecular complexity index is 1220. The number of ether oxygens (including phenoxy) is 2. The van der Waals surface area contributed by atoms with Gasteiger partial charge in [-0.25, -0.2) is 8.78 Å². The van der Waals surface area contributed by atoms with Crippen LogP contribution in [0.15, 0.2) is 41.4 Å². The first-order valence-electron chi connectivity index (χ1n) is 12.7. The summed E-state index contributed by atoms with van der Waals surface area (Å²) >= 11 is 0. The van der Waals surface area contributed by atoms with Crippen LogP contribution in [-0.4, -0.2) is 37.3 Å². The molecular weight excluding hydrogens is 539 g/mol. The second kappa shape index (κ2) is 13.9. The highest BCUT2D eigenvalue weighted by Gasteiger charge is 2.32. The second-order valence-corrected chi connectivity index (χ2v) is 9.50. The van der Waals surface area contributed by atoms with Gasteiger partial charge in [0.25, 0.3) is 5.91 Å². The minimum atomic E-state index is -5.06. The van der Waals surface area contributed by atoms with Gasteiger partial charge in [0.15, 0.2) is 29.1 Å². The van der Waals surface area contributed by atoms with Crippen molar-refractivity contribution >= 4 is 17.8 Å². The van der Waals surface area contributed by atoms with E-state index in [0.29, 0.717) is 12.0 Å². The van der Waals surface area contributed by atoms with Gasteiger partial charge in [-0.05, 0) is 47.7 Å². The maximum Gasteiger partial charge on any atom is 0.573 e. The van der Waals surface area contributed by atoms with Gasteiger partial charge >= 0.3 is 6.36 Å². The Morgan fingerprint density at radius 2 is 1.73 bits per heavy atom. The predicted molar refractivity (Wildman–Crippen MR) is 136 cm³/mol. The number of guanidine groups is 1. The van der Waals surface area contributed by atoms with Crippen LogP contribution in [0, 0.1) is 17.6 Å². The molecule has 2 aromatic carbocycles. The number of amides is 2. The molecule has 2 amide bonds. The first-order chi connectivity index (χ1) is 18.9. The fraction of sp³-hybridized carbons (Fsp3) is 0.444. The number of nitrogens with one attached hydrogen (secondary N) is 2. The third-order valence-electron chi connectivity index (χ3n) is 6.44. The van der Waals surface area contributed by atoms with Gasteiger partial charge in [0, 0.05) is 6.54 Å². The molecule has 13 heteroatoms. The number of nitrogens with two attached hydrogens (primary N) is 1. The van der Waals surface area contributed by atoms with Crippen LogP contribution in [0.4, 0.5) is 22.0 Å². The maximum atomic E-state index is 14.0. The van der Waals surface area contributed by atoms with Gasteiger partial charge < -0.3 is 25.8 Å². The fourth-order valence-corrected chi connectivity index (χ4v) is 4.54. The molecule has 218 valence electrons. The topological polar surface area (TPSA) is 115 Å². The highest BCUT2D eigenvalue weighted by atomic mass is 19.4. The molecular formula is C27H31F5N4O4. The first kappa shape index (κ1) is 30.6. The lowest BCUT2D eigenvalue weighted by Gasteiger charge is -2.27. The van der Waals surface area contributed by atoms with E-state index in [-0.39, 0.29) is 29.7 Å². The Balaban J connectivity index is 1.65. The molecule has 3 rings (SSSR count). The van der Waals surface area contributed by atoms with E-state index in [1.165, 1.54) is 25.3 Å². The SMILES string of the molecule is COc1cc(CNC(=O)C(CC2CCCCC2)NC(N)=NC(=O)Cc2ccc(OC(F)(F)F)c(F)c2)ccc1F. The van der Waals surface area contributed by atoms with Gasteiger partial charge in [0.1, 0.15) is 6.04 Å². The van der Waals surface area contributed by atoms with E-state index < -0.39 is 48.0 Å². The summed E-state index contributed by atoms with van der Waals surface area (Å²) in [6.07, 6.45) is 0.0164. The molecule has 1 atom stereocenters. The summed E-state index contributed by atoms with van der Waals surface area (Å²) in [5.41, 5.74) is 6.58. The van der Waals surface area contributed by atoms with E-state index in [0.717, 1.165) is 50.3 Å². The molecule has 4 N–H and O–H groups in total. The second-order valence-electron chi connectivity index (χ2n) is 9.50. The number of hydrogen-bond acceptors (Lipinski definition) is 4. The van der Waals surface area contributed by atoms with Crippen LogP contribution in [-0.2, 0) is 22.6 Å². The molecule has 1 fully saturated rings. The maximum absolute atomic E-state index is 14.0. The number of carbonyl (C=O) groups is 2. The Morgan fingerprint density at radius 3 is 2.38 bits per heavy atom. The molecule has 0 aromatic heterocycles. The predicted octanol–water partition coefficient (Wildman–Crippen LogP) is 4.50. The number of hydrogen-bond donors (Lipinski definition) is 3. The highest BCUT2D eigenvalue weighted by Crippen LogP contribution is 2.28. The summed E-state index contributed by atoms with van der Waals surface area (Å²) in [6.45, 7) is 0.0912. The van der Waals surface area contributed by atoms with Crippen molar-refractivity contribution < 1.29 is 41.0 Å². The molecule has 0 heterocycles. The summed E-state index contributed by atoms with van der Waals surface area (Å²) in [6, 6.07) is 6.00. The lowest BCUT2D eigenvalue weighted by molar-refractivity contribution is -0.275. The minimum absolute atomic E-state index is 0.0425. The third kappa shape index (κ3) is 9.69. The standard InChI is InChI=1S/C27H31F5N4O4/c1-39-23-13-18(7-9-19(23)28)15-34-25(38)21(12-16-5-3-2-4-6-16)35-26(33)36-24(37)14-17-8-10-22(20(29)11-17)40-27(30,31)32/h7-11,13,16,21H,2-6,12,14-15H2,1H3,(H,34,38)(H3,33,35,36,37). The van der Waals surface area contributed by atoms with Gasteiger partial charge in [0.05, 0.1) is 13.5 Å². The number of alkyl halides is 3. The summed E-state index contributed by atoms with van der Waals surface area (Å²) in [5.74, 6) is -4.08. The number of benzene rings is 2. The first-order valence-corrected chi connectivity index (χ1v) is 12.7. The lowest BCUT2D eigenvalue weighted by atomic mass is 9.84. The monoisotopic (exact) mass is 570 g/mol. The minimum Gasteiger partial charge on any atom is -0.494 e. The Hall–Kier alpha value is -3.90. The largest absolute Gasteiger partial charge is 0.573 e. The van der Waals surface area contributed by atoms with Crippen LogP contribution in [0.25, 0.3) is 0 Å². The van der Waals surface area contributed by atoms with E-state index in [2.05, 4.69) is 20.4 Å². The molecule has 0 spiro atoms. The summed E-state index contributed by atoms with van der Waals surface area (Å²) in [5, 5.41) is 5.56. The molecule has 0 saturated heterocycles. The smallest absolute Gasteiger partial charge is 0.494 e. The Labute approximate surface area is 228 Å². The van der Waals surface area contributed by atoms with Crippen molar-refractivity contribution in [2.75, 3.05) is 7.11 Å². The van der Waals surface area contributed by atoms with E-state index in [1.807, 2.05) is 0 Å². The van der Waals surface area contributed by atoms with Crippen LogP contribution in [0.3, 0.4) is 0 Å². The number of halogens is 5. The highest BCUT2D eigenvalue weighted by molar-refractivity contribution is 5.95. The van der Waals surface area contributed by atoms with Crippen LogP contribution < -0.4 is 25.8 Å². The van der Waals surface area contributed by atoms with Gasteiger partial charge in [-0.15, -0.1) is 13.2 Å². The van der Waals surface area contributed by atoms with E-state index >= 15 is 0 Å². The molecule has 0 aliphatic heterocycles. The lowest BCUT2D eigenvalue weighted by Crippen LogP contribution is -2.50. The van der Waals surface area contributed by atoms with Crippen molar-refractivity contribution in [1.82, 2.24) is 10.6 Å². The van der Waals surface area contributed by atoms with E-state index in [9.17, 15) is 31.5 Å². The average molecular weight is 571 g/mol. The molecule has 0 bridgehead atoms. The van der Waals surface area contributed by atoms with Crippen molar-refractivity contribution in [3.63, 3.8) is 0 Å². The molecule has 2 aromatic rings. The number of rotatable bonds is 10. The number of methoxy groups -OCH3 is 1. The van der Waals surface area contributed by atoms with E-state index in [1.54, 1.807) is 0 Å². The van der Waals surface area contributed by atoms with Gasteiger partial charge in [-0.2, -0.15) is 4.99 Å². The Morgan fingerprint density at radius 1 is 1.02 bits per heavy atom. The van der Waals surface area contributed by atoms with Crippen LogP contribution in [0.1, 0.15) is 49.7 Å². The molecule has 8 nitrogen and oxygen atoms in total. The van der Waals surface area contributed by atoms with Crippen LogP contribution in [0.5, 0.6) is 11.5 Å². The van der Waals surface area contributed by atoms with E-state index in [4.69, 9.17) is 10.5 Å². The van der Waals surface area contributed by atoms with Gasteiger partial charge in [0.2, 0.25) is 5.91 Å². The zero-order valence-corrected chi connectivity index (χ0v) is 21.8. The quantitative estimate of drug-likeness (QED) is 0.220. The van der Waals surface area contributed by atoms with Crippen LogP contribution >= 0.6 is 0 Å². The summed E-state index contributed by atoms with van der Waals surface area (Å²) < 4.78 is 73.2. The molecule has 1 aliphatic carbocycles. The third-order valence-corrected chi connectivity index (χ3v) is 6.44. The van der Waals surface area contributed by atoms with Crippen molar-refractivity contribution in [3.8, 4) is 11.5 Å².